The second kappa shape index (κ2) is 4.72. The van der Waals surface area contributed by atoms with Gasteiger partial charge in [-0.05, 0) is 46.9 Å². The molecule has 0 bridgehead atoms. The van der Waals surface area contributed by atoms with Gasteiger partial charge in [0.1, 0.15) is 11.3 Å². The Labute approximate surface area is 125 Å². The lowest BCUT2D eigenvalue weighted by Crippen LogP contribution is -1.84. The Morgan fingerprint density at radius 2 is 1.95 bits per heavy atom. The van der Waals surface area contributed by atoms with E-state index in [9.17, 15) is 8.78 Å². The maximum atomic E-state index is 13.6. The summed E-state index contributed by atoms with van der Waals surface area (Å²) >= 11 is 8.15. The zero-order valence-corrected chi connectivity index (χ0v) is 12.3. The van der Waals surface area contributed by atoms with E-state index in [4.69, 9.17) is 11.6 Å². The van der Waals surface area contributed by atoms with Crippen LogP contribution in [0.2, 0.25) is 5.02 Å². The van der Waals surface area contributed by atoms with Gasteiger partial charge in [-0.2, -0.15) is 0 Å². The van der Waals surface area contributed by atoms with Gasteiger partial charge >= 0.3 is 0 Å². The standard InChI is InChI=1S/C13H6ClF2IN2/c14-7-5-6(1-3-9(7)17)13-18-10-4-2-8(15)11(16)12(10)19-13/h1-5H,(H,18,19). The van der Waals surface area contributed by atoms with Crippen LogP contribution in [0.1, 0.15) is 0 Å². The van der Waals surface area contributed by atoms with Gasteiger partial charge in [-0.3, -0.25) is 0 Å². The van der Waals surface area contributed by atoms with Crippen LogP contribution in [0.4, 0.5) is 8.78 Å². The summed E-state index contributed by atoms with van der Waals surface area (Å²) in [6.45, 7) is 0. The largest absolute Gasteiger partial charge is 0.338 e. The first-order valence-electron chi connectivity index (χ1n) is 5.35. The van der Waals surface area contributed by atoms with E-state index >= 15 is 0 Å². The predicted octanol–water partition coefficient (Wildman–Crippen LogP) is 4.77. The van der Waals surface area contributed by atoms with Crippen molar-refractivity contribution in [2.24, 2.45) is 0 Å². The predicted molar refractivity (Wildman–Crippen MR) is 79.2 cm³/mol. The molecule has 0 unspecified atom stereocenters. The Morgan fingerprint density at radius 1 is 1.16 bits per heavy atom. The molecule has 0 saturated heterocycles. The van der Waals surface area contributed by atoms with E-state index in [1.807, 2.05) is 12.1 Å². The van der Waals surface area contributed by atoms with E-state index in [-0.39, 0.29) is 5.52 Å². The molecule has 96 valence electrons. The molecule has 6 heteroatoms. The van der Waals surface area contributed by atoms with E-state index < -0.39 is 11.6 Å². The first kappa shape index (κ1) is 12.8. The van der Waals surface area contributed by atoms with E-state index in [0.29, 0.717) is 16.4 Å². The second-order valence-corrected chi connectivity index (χ2v) is 5.54. The molecule has 3 rings (SSSR count). The molecule has 0 aliphatic heterocycles. The zero-order valence-electron chi connectivity index (χ0n) is 9.35. The molecule has 2 aromatic carbocycles. The Morgan fingerprint density at radius 3 is 2.68 bits per heavy atom. The number of nitrogens with zero attached hydrogens (tertiary/aromatic N) is 1. The number of nitrogens with one attached hydrogen (secondary N) is 1. The lowest BCUT2D eigenvalue weighted by molar-refractivity contribution is 0.515. The van der Waals surface area contributed by atoms with E-state index in [0.717, 1.165) is 15.2 Å². The molecule has 0 amide bonds. The molecular weight excluding hydrogens is 385 g/mol. The van der Waals surface area contributed by atoms with Crippen LogP contribution in [0, 0.1) is 15.2 Å². The molecule has 19 heavy (non-hydrogen) atoms. The molecule has 2 nitrogen and oxygen atoms in total. The van der Waals surface area contributed by atoms with Crippen molar-refractivity contribution in [3.63, 3.8) is 0 Å². The number of aromatic amines is 1. The van der Waals surface area contributed by atoms with Gasteiger partial charge in [0.15, 0.2) is 11.6 Å². The molecule has 0 saturated carbocycles. The zero-order chi connectivity index (χ0) is 13.6. The van der Waals surface area contributed by atoms with Gasteiger partial charge in [-0.1, -0.05) is 17.7 Å². The number of fused-ring (bicyclic) bond motifs is 1. The SMILES string of the molecule is Fc1ccc2[nH]c(-c3ccc(I)c(Cl)c3)nc2c1F. The number of benzene rings is 2. The van der Waals surface area contributed by atoms with Crippen LogP contribution in [0.5, 0.6) is 0 Å². The molecule has 3 aromatic rings. The number of hydrogen-bond donors (Lipinski definition) is 1. The maximum Gasteiger partial charge on any atom is 0.186 e. The fourth-order valence-electron chi connectivity index (χ4n) is 1.80. The van der Waals surface area contributed by atoms with Crippen LogP contribution in [-0.2, 0) is 0 Å². The monoisotopic (exact) mass is 390 g/mol. The fraction of sp³-hybridized carbons (Fsp3) is 0. The Balaban J connectivity index is 2.20. The van der Waals surface area contributed by atoms with Crippen LogP contribution in [0.25, 0.3) is 22.4 Å². The third-order valence-corrected chi connectivity index (χ3v) is 4.31. The summed E-state index contributed by atoms with van der Waals surface area (Å²) < 4.78 is 27.6. The van der Waals surface area contributed by atoms with Gasteiger partial charge < -0.3 is 4.98 Å². The molecule has 0 spiro atoms. The highest BCUT2D eigenvalue weighted by Crippen LogP contribution is 2.27. The Bertz CT molecular complexity index is 786. The van der Waals surface area contributed by atoms with Gasteiger partial charge in [0.25, 0.3) is 0 Å². The first-order valence-corrected chi connectivity index (χ1v) is 6.81. The van der Waals surface area contributed by atoms with Gasteiger partial charge in [-0.15, -0.1) is 0 Å². The minimum atomic E-state index is -0.948. The maximum absolute atomic E-state index is 13.6. The fourth-order valence-corrected chi connectivity index (χ4v) is 2.31. The van der Waals surface area contributed by atoms with E-state index in [1.54, 1.807) is 6.07 Å². The number of H-pyrrole nitrogens is 1. The third-order valence-electron chi connectivity index (χ3n) is 2.74. The van der Waals surface area contributed by atoms with Crippen LogP contribution >= 0.6 is 34.2 Å². The third kappa shape index (κ3) is 2.21. The molecule has 0 aliphatic rings. The van der Waals surface area contributed by atoms with Gasteiger partial charge in [0, 0.05) is 9.13 Å². The van der Waals surface area contributed by atoms with E-state index in [1.165, 1.54) is 6.07 Å². The van der Waals surface area contributed by atoms with Crippen LogP contribution < -0.4 is 0 Å². The molecule has 1 N–H and O–H groups in total. The summed E-state index contributed by atoms with van der Waals surface area (Å²) in [5, 5.41) is 0.588. The summed E-state index contributed by atoms with van der Waals surface area (Å²) in [5.74, 6) is -1.40. The number of imidazole rings is 1. The quantitative estimate of drug-likeness (QED) is 0.596. The highest BCUT2D eigenvalue weighted by molar-refractivity contribution is 14.1. The Kier molecular flexibility index (Phi) is 3.18. The first-order chi connectivity index (χ1) is 9.06. The highest BCUT2D eigenvalue weighted by atomic mass is 127. The smallest absolute Gasteiger partial charge is 0.186 e. The average Bonchev–Trinajstić information content (AvgIpc) is 2.82. The number of rotatable bonds is 1. The number of hydrogen-bond acceptors (Lipinski definition) is 1. The van der Waals surface area contributed by atoms with Crippen molar-refractivity contribution in [3.05, 3.63) is 50.6 Å². The van der Waals surface area contributed by atoms with Crippen LogP contribution in [0.15, 0.2) is 30.3 Å². The van der Waals surface area contributed by atoms with Crippen molar-refractivity contribution in [2.75, 3.05) is 0 Å². The van der Waals surface area contributed by atoms with Gasteiger partial charge in [0.2, 0.25) is 0 Å². The van der Waals surface area contributed by atoms with Crippen molar-refractivity contribution >= 4 is 45.2 Å². The normalized spacial score (nSPS) is 11.2. The minimum Gasteiger partial charge on any atom is -0.338 e. The Hall–Kier alpha value is -1.21. The summed E-state index contributed by atoms with van der Waals surface area (Å²) in [5.41, 5.74) is 1.16. The lowest BCUT2D eigenvalue weighted by atomic mass is 10.2. The lowest BCUT2D eigenvalue weighted by Gasteiger charge is -1.99. The van der Waals surface area contributed by atoms with Crippen molar-refractivity contribution in [1.29, 1.82) is 0 Å². The van der Waals surface area contributed by atoms with Gasteiger partial charge in [0.05, 0.1) is 10.5 Å². The second-order valence-electron chi connectivity index (χ2n) is 3.97. The molecule has 0 radical (unpaired) electrons. The molecule has 1 heterocycles. The molecule has 0 atom stereocenters. The topological polar surface area (TPSA) is 28.7 Å². The van der Waals surface area contributed by atoms with Crippen molar-refractivity contribution < 1.29 is 8.78 Å². The molecule has 0 aliphatic carbocycles. The van der Waals surface area contributed by atoms with E-state index in [2.05, 4.69) is 32.6 Å². The number of halogens is 4. The highest BCUT2D eigenvalue weighted by Gasteiger charge is 2.13. The summed E-state index contributed by atoms with van der Waals surface area (Å²) in [6.07, 6.45) is 0. The molecule has 0 fully saturated rings. The van der Waals surface area contributed by atoms with Crippen molar-refractivity contribution in [3.8, 4) is 11.4 Å². The molecular formula is C13H6ClF2IN2. The summed E-state index contributed by atoms with van der Waals surface area (Å²) in [4.78, 5) is 7.03. The van der Waals surface area contributed by atoms with Crippen LogP contribution in [0.3, 0.4) is 0 Å². The van der Waals surface area contributed by atoms with Gasteiger partial charge in [-0.25, -0.2) is 13.8 Å². The van der Waals surface area contributed by atoms with Crippen molar-refractivity contribution in [1.82, 2.24) is 9.97 Å². The number of aromatic nitrogens is 2. The van der Waals surface area contributed by atoms with Crippen LogP contribution in [-0.4, -0.2) is 9.97 Å². The summed E-state index contributed by atoms with van der Waals surface area (Å²) in [7, 11) is 0. The minimum absolute atomic E-state index is 0.00956. The summed E-state index contributed by atoms with van der Waals surface area (Å²) in [6, 6.07) is 7.91. The molecule has 1 aromatic heterocycles. The average molecular weight is 391 g/mol. The van der Waals surface area contributed by atoms with Crippen molar-refractivity contribution in [2.45, 2.75) is 0 Å².